The second kappa shape index (κ2) is 6.74. The quantitative estimate of drug-likeness (QED) is 0.710. The van der Waals surface area contributed by atoms with Gasteiger partial charge in [0.25, 0.3) is 5.91 Å². The monoisotopic (exact) mass is 291 g/mol. The number of primary amides is 1. The van der Waals surface area contributed by atoms with E-state index in [1.165, 1.54) is 0 Å². The molecule has 21 heavy (non-hydrogen) atoms. The molecule has 0 bridgehead atoms. The van der Waals surface area contributed by atoms with E-state index in [0.29, 0.717) is 30.8 Å². The summed E-state index contributed by atoms with van der Waals surface area (Å²) in [5.74, 6) is -0.535. The molecule has 1 aliphatic rings. The third-order valence-corrected chi connectivity index (χ3v) is 3.12. The number of hydrogen-bond donors (Lipinski definition) is 3. The van der Waals surface area contributed by atoms with Gasteiger partial charge in [-0.25, -0.2) is 0 Å². The van der Waals surface area contributed by atoms with Crippen LogP contribution in [0.4, 0.5) is 5.69 Å². The van der Waals surface area contributed by atoms with E-state index in [4.69, 9.17) is 10.5 Å². The van der Waals surface area contributed by atoms with Crippen LogP contribution in [0.3, 0.4) is 0 Å². The summed E-state index contributed by atoms with van der Waals surface area (Å²) in [6.07, 6.45) is 0.898. The Kier molecular flexibility index (Phi) is 4.76. The molecule has 7 nitrogen and oxygen atoms in total. The number of benzene rings is 1. The average Bonchev–Trinajstić information content (AvgIpc) is 2.46. The highest BCUT2D eigenvalue weighted by Gasteiger charge is 2.24. The lowest BCUT2D eigenvalue weighted by Gasteiger charge is -2.21. The lowest BCUT2D eigenvalue weighted by atomic mass is 9.98. The van der Waals surface area contributed by atoms with Crippen molar-refractivity contribution in [3.8, 4) is 5.75 Å². The van der Waals surface area contributed by atoms with Crippen LogP contribution in [0.1, 0.15) is 12.8 Å². The van der Waals surface area contributed by atoms with Crippen molar-refractivity contribution in [1.82, 2.24) is 5.32 Å². The number of hydrogen-bond acceptors (Lipinski definition) is 4. The van der Waals surface area contributed by atoms with Gasteiger partial charge < -0.3 is 21.1 Å². The van der Waals surface area contributed by atoms with Crippen LogP contribution in [0.5, 0.6) is 5.75 Å². The van der Waals surface area contributed by atoms with Gasteiger partial charge in [0.2, 0.25) is 11.8 Å². The van der Waals surface area contributed by atoms with E-state index in [2.05, 4.69) is 10.6 Å². The molecule has 2 rings (SSSR count). The van der Waals surface area contributed by atoms with Gasteiger partial charge in [-0.3, -0.25) is 14.4 Å². The molecule has 1 aromatic carbocycles. The maximum Gasteiger partial charge on any atom is 0.255 e. The van der Waals surface area contributed by atoms with Gasteiger partial charge in [0.15, 0.2) is 6.61 Å². The zero-order chi connectivity index (χ0) is 15.2. The maximum absolute atomic E-state index is 12.1. The average molecular weight is 291 g/mol. The fraction of sp³-hybridized carbons (Fsp3) is 0.357. The molecule has 3 amide bonds. The van der Waals surface area contributed by atoms with Gasteiger partial charge in [0.05, 0.1) is 5.92 Å². The molecule has 1 aromatic rings. The SMILES string of the molecule is NC(=O)COc1cccc(NC(=O)C2CCC(=O)NC2)c1. The summed E-state index contributed by atoms with van der Waals surface area (Å²) in [5, 5.41) is 5.44. The number of carbonyl (C=O) groups excluding carboxylic acids is 3. The first-order chi connectivity index (χ1) is 10.0. The number of anilines is 1. The van der Waals surface area contributed by atoms with Crippen LogP contribution in [0.2, 0.25) is 0 Å². The minimum atomic E-state index is -0.567. The molecule has 1 fully saturated rings. The third kappa shape index (κ3) is 4.48. The summed E-state index contributed by atoms with van der Waals surface area (Å²) in [7, 11) is 0. The van der Waals surface area contributed by atoms with Crippen molar-refractivity contribution in [3.63, 3.8) is 0 Å². The van der Waals surface area contributed by atoms with Gasteiger partial charge in [-0.1, -0.05) is 6.07 Å². The molecular formula is C14H17N3O4. The summed E-state index contributed by atoms with van der Waals surface area (Å²) < 4.78 is 5.17. The van der Waals surface area contributed by atoms with Gasteiger partial charge in [-0.05, 0) is 18.6 Å². The molecule has 0 saturated carbocycles. The van der Waals surface area contributed by atoms with E-state index in [9.17, 15) is 14.4 Å². The zero-order valence-electron chi connectivity index (χ0n) is 11.4. The van der Waals surface area contributed by atoms with Crippen molar-refractivity contribution in [2.45, 2.75) is 12.8 Å². The summed E-state index contributed by atoms with van der Waals surface area (Å²) in [5.41, 5.74) is 5.57. The van der Waals surface area contributed by atoms with Crippen LogP contribution in [-0.4, -0.2) is 30.9 Å². The van der Waals surface area contributed by atoms with E-state index in [0.717, 1.165) is 0 Å². The Labute approximate surface area is 121 Å². The molecular weight excluding hydrogens is 274 g/mol. The molecule has 0 aromatic heterocycles. The number of carbonyl (C=O) groups is 3. The predicted octanol–water partition coefficient (Wildman–Crippen LogP) is 0.0154. The van der Waals surface area contributed by atoms with Crippen molar-refractivity contribution >= 4 is 23.4 Å². The highest BCUT2D eigenvalue weighted by Crippen LogP contribution is 2.19. The fourth-order valence-corrected chi connectivity index (χ4v) is 2.02. The van der Waals surface area contributed by atoms with Crippen molar-refractivity contribution in [2.75, 3.05) is 18.5 Å². The Morgan fingerprint density at radius 1 is 1.43 bits per heavy atom. The number of nitrogens with one attached hydrogen (secondary N) is 2. The van der Waals surface area contributed by atoms with Crippen LogP contribution in [0.15, 0.2) is 24.3 Å². The molecule has 4 N–H and O–H groups in total. The topological polar surface area (TPSA) is 111 Å². The Morgan fingerprint density at radius 3 is 2.90 bits per heavy atom. The normalized spacial score (nSPS) is 17.7. The first kappa shape index (κ1) is 14.8. The van der Waals surface area contributed by atoms with Gasteiger partial charge in [0, 0.05) is 24.7 Å². The van der Waals surface area contributed by atoms with Crippen LogP contribution in [0.25, 0.3) is 0 Å². The second-order valence-corrected chi connectivity index (χ2v) is 4.81. The maximum atomic E-state index is 12.1. The standard InChI is InChI=1S/C14H17N3O4/c15-12(18)8-21-11-3-1-2-10(6-11)17-14(20)9-4-5-13(19)16-7-9/h1-3,6,9H,4-5,7-8H2,(H2,15,18)(H,16,19)(H,17,20). The Bertz CT molecular complexity index is 549. The van der Waals surface area contributed by atoms with Gasteiger partial charge in [-0.15, -0.1) is 0 Å². The Morgan fingerprint density at radius 2 is 2.24 bits per heavy atom. The van der Waals surface area contributed by atoms with E-state index < -0.39 is 5.91 Å². The fourth-order valence-electron chi connectivity index (χ4n) is 2.02. The van der Waals surface area contributed by atoms with Crippen molar-refractivity contribution in [3.05, 3.63) is 24.3 Å². The number of ether oxygens (including phenoxy) is 1. The predicted molar refractivity (Wildman–Crippen MR) is 75.5 cm³/mol. The zero-order valence-corrected chi connectivity index (χ0v) is 11.4. The van der Waals surface area contributed by atoms with Gasteiger partial charge >= 0.3 is 0 Å². The van der Waals surface area contributed by atoms with Crippen LogP contribution in [0, 0.1) is 5.92 Å². The number of nitrogens with two attached hydrogens (primary N) is 1. The van der Waals surface area contributed by atoms with E-state index in [-0.39, 0.29) is 24.3 Å². The number of rotatable bonds is 5. The van der Waals surface area contributed by atoms with Crippen LogP contribution < -0.4 is 21.1 Å². The van der Waals surface area contributed by atoms with Crippen molar-refractivity contribution in [1.29, 1.82) is 0 Å². The number of amides is 3. The van der Waals surface area contributed by atoms with E-state index in [1.807, 2.05) is 0 Å². The molecule has 1 heterocycles. The van der Waals surface area contributed by atoms with Crippen molar-refractivity contribution in [2.24, 2.45) is 11.7 Å². The Hall–Kier alpha value is -2.57. The first-order valence-electron chi connectivity index (χ1n) is 6.63. The first-order valence-corrected chi connectivity index (χ1v) is 6.63. The Balaban J connectivity index is 1.92. The smallest absolute Gasteiger partial charge is 0.255 e. The molecule has 7 heteroatoms. The van der Waals surface area contributed by atoms with E-state index in [1.54, 1.807) is 24.3 Å². The highest BCUT2D eigenvalue weighted by atomic mass is 16.5. The molecule has 1 unspecified atom stereocenters. The minimum Gasteiger partial charge on any atom is -0.484 e. The van der Waals surface area contributed by atoms with Crippen LogP contribution in [-0.2, 0) is 14.4 Å². The molecule has 1 aliphatic heterocycles. The second-order valence-electron chi connectivity index (χ2n) is 4.81. The molecule has 0 aliphatic carbocycles. The lowest BCUT2D eigenvalue weighted by Crippen LogP contribution is -2.40. The summed E-state index contributed by atoms with van der Waals surface area (Å²) in [6.45, 7) is 0.134. The molecule has 0 radical (unpaired) electrons. The lowest BCUT2D eigenvalue weighted by molar-refractivity contribution is -0.126. The molecule has 112 valence electrons. The van der Waals surface area contributed by atoms with Crippen molar-refractivity contribution < 1.29 is 19.1 Å². The third-order valence-electron chi connectivity index (χ3n) is 3.12. The summed E-state index contributed by atoms with van der Waals surface area (Å²) in [6, 6.07) is 6.70. The highest BCUT2D eigenvalue weighted by molar-refractivity contribution is 5.94. The summed E-state index contributed by atoms with van der Waals surface area (Å²) in [4.78, 5) is 33.8. The van der Waals surface area contributed by atoms with E-state index >= 15 is 0 Å². The molecule has 1 atom stereocenters. The van der Waals surface area contributed by atoms with Gasteiger partial charge in [-0.2, -0.15) is 0 Å². The van der Waals surface area contributed by atoms with Gasteiger partial charge in [0.1, 0.15) is 5.75 Å². The van der Waals surface area contributed by atoms with Crippen LogP contribution >= 0.6 is 0 Å². The minimum absolute atomic E-state index is 0.0269. The molecule has 1 saturated heterocycles. The summed E-state index contributed by atoms with van der Waals surface area (Å²) >= 11 is 0. The molecule has 0 spiro atoms. The number of piperidine rings is 1. The largest absolute Gasteiger partial charge is 0.484 e.